The topological polar surface area (TPSA) is 41.5 Å². The second-order valence-electron chi connectivity index (χ2n) is 7.44. The molecule has 160 valence electrons. The van der Waals surface area contributed by atoms with E-state index in [9.17, 15) is 0 Å². The van der Waals surface area contributed by atoms with Gasteiger partial charge in [0.1, 0.15) is 22.7 Å². The molecule has 4 rings (SSSR count). The molecule has 1 aromatic carbocycles. The zero-order chi connectivity index (χ0) is 20.9. The highest BCUT2D eigenvalue weighted by Crippen LogP contribution is 2.31. The summed E-state index contributed by atoms with van der Waals surface area (Å²) in [5.74, 6) is 1.79. The predicted octanol–water partition coefficient (Wildman–Crippen LogP) is 5.54. The largest absolute Gasteiger partial charge is 0.492 e. The number of anilines is 1. The van der Waals surface area contributed by atoms with Crippen LogP contribution in [0.3, 0.4) is 0 Å². The Morgan fingerprint density at radius 2 is 1.90 bits per heavy atom. The molecule has 3 heterocycles. The molecule has 0 saturated carbocycles. The van der Waals surface area contributed by atoms with Gasteiger partial charge in [-0.1, -0.05) is 30.1 Å². The van der Waals surface area contributed by atoms with Crippen molar-refractivity contribution in [2.45, 2.75) is 26.2 Å². The summed E-state index contributed by atoms with van der Waals surface area (Å²) < 4.78 is 5.78. The Labute approximate surface area is 191 Å². The Kier molecular flexibility index (Phi) is 7.31. The van der Waals surface area contributed by atoms with Crippen LogP contribution < -0.4 is 9.64 Å². The van der Waals surface area contributed by atoms with E-state index in [1.165, 1.54) is 10.3 Å². The van der Waals surface area contributed by atoms with Crippen molar-refractivity contribution in [3.05, 3.63) is 45.5 Å². The Morgan fingerprint density at radius 3 is 2.67 bits per heavy atom. The van der Waals surface area contributed by atoms with Gasteiger partial charge in [0.2, 0.25) is 0 Å². The Balaban J connectivity index is 1.21. The third kappa shape index (κ3) is 5.17. The maximum Gasteiger partial charge on any atom is 0.140 e. The fourth-order valence-corrected chi connectivity index (χ4v) is 5.11. The average molecular weight is 465 g/mol. The van der Waals surface area contributed by atoms with E-state index < -0.39 is 0 Å². The highest BCUT2D eigenvalue weighted by molar-refractivity contribution is 7.18. The second-order valence-corrected chi connectivity index (χ2v) is 9.40. The van der Waals surface area contributed by atoms with Gasteiger partial charge in [-0.2, -0.15) is 0 Å². The highest BCUT2D eigenvalue weighted by atomic mass is 35.5. The molecule has 0 unspecified atom stereocenters. The summed E-state index contributed by atoms with van der Waals surface area (Å²) in [6.07, 6.45) is 4.85. The number of piperazine rings is 1. The lowest BCUT2D eigenvalue weighted by Gasteiger charge is -2.35. The van der Waals surface area contributed by atoms with Crippen LogP contribution in [-0.4, -0.2) is 54.2 Å². The molecule has 3 aromatic rings. The van der Waals surface area contributed by atoms with Crippen LogP contribution in [0.5, 0.6) is 5.75 Å². The third-order valence-corrected chi connectivity index (χ3v) is 7.12. The van der Waals surface area contributed by atoms with E-state index >= 15 is 0 Å². The number of benzene rings is 1. The van der Waals surface area contributed by atoms with Crippen LogP contribution in [0.1, 0.15) is 24.6 Å². The highest BCUT2D eigenvalue weighted by Gasteiger charge is 2.20. The SMILES string of the molecule is CCc1cc2c(N3CCN(CCCCOc4ccc(Cl)cc4Cl)CC3)ncnc2s1. The second kappa shape index (κ2) is 10.1. The van der Waals surface area contributed by atoms with E-state index in [2.05, 4.69) is 32.8 Å². The number of halogens is 2. The van der Waals surface area contributed by atoms with Crippen LogP contribution in [0, 0.1) is 0 Å². The van der Waals surface area contributed by atoms with Crippen molar-refractivity contribution in [1.29, 1.82) is 0 Å². The molecule has 5 nitrogen and oxygen atoms in total. The van der Waals surface area contributed by atoms with E-state index in [1.807, 2.05) is 6.07 Å². The lowest BCUT2D eigenvalue weighted by Crippen LogP contribution is -2.47. The molecule has 30 heavy (non-hydrogen) atoms. The number of unbranched alkanes of at least 4 members (excludes halogenated alkanes) is 1. The fourth-order valence-electron chi connectivity index (χ4n) is 3.71. The minimum atomic E-state index is 0.564. The van der Waals surface area contributed by atoms with Crippen LogP contribution >= 0.6 is 34.5 Å². The molecule has 0 atom stereocenters. The first kappa shape index (κ1) is 21.6. The number of thiophene rings is 1. The van der Waals surface area contributed by atoms with Gasteiger partial charge in [0, 0.05) is 36.1 Å². The van der Waals surface area contributed by atoms with Gasteiger partial charge in [-0.3, -0.25) is 4.90 Å². The quantitative estimate of drug-likeness (QED) is 0.409. The van der Waals surface area contributed by atoms with Gasteiger partial charge >= 0.3 is 0 Å². The van der Waals surface area contributed by atoms with Gasteiger partial charge in [-0.15, -0.1) is 11.3 Å². The van der Waals surface area contributed by atoms with Gasteiger partial charge < -0.3 is 9.64 Å². The molecule has 0 aliphatic carbocycles. The molecule has 0 amide bonds. The van der Waals surface area contributed by atoms with Crippen molar-refractivity contribution < 1.29 is 4.74 Å². The number of aromatic nitrogens is 2. The van der Waals surface area contributed by atoms with Crippen LogP contribution in [0.2, 0.25) is 10.0 Å². The molecule has 0 spiro atoms. The molecule has 0 bridgehead atoms. The van der Waals surface area contributed by atoms with Gasteiger partial charge in [-0.05, 0) is 50.1 Å². The molecule has 0 radical (unpaired) electrons. The Bertz CT molecular complexity index is 988. The molecule has 2 aromatic heterocycles. The Morgan fingerprint density at radius 1 is 1.07 bits per heavy atom. The maximum atomic E-state index is 6.14. The van der Waals surface area contributed by atoms with Crippen LogP contribution in [0.4, 0.5) is 5.82 Å². The van der Waals surface area contributed by atoms with E-state index in [0.717, 1.165) is 62.6 Å². The van der Waals surface area contributed by atoms with E-state index in [4.69, 9.17) is 27.9 Å². The summed E-state index contributed by atoms with van der Waals surface area (Å²) in [5.41, 5.74) is 0. The third-order valence-electron chi connectivity index (χ3n) is 5.40. The Hall–Kier alpha value is -1.60. The fraction of sp³-hybridized carbons (Fsp3) is 0.455. The summed E-state index contributed by atoms with van der Waals surface area (Å²) in [6.45, 7) is 8.05. The van der Waals surface area contributed by atoms with Crippen molar-refractivity contribution in [3.63, 3.8) is 0 Å². The number of rotatable bonds is 8. The van der Waals surface area contributed by atoms with Crippen molar-refractivity contribution in [2.24, 2.45) is 0 Å². The van der Waals surface area contributed by atoms with Crippen molar-refractivity contribution in [3.8, 4) is 5.75 Å². The molecular weight excluding hydrogens is 439 g/mol. The number of ether oxygens (including phenoxy) is 1. The molecule has 0 N–H and O–H groups in total. The minimum absolute atomic E-state index is 0.564. The minimum Gasteiger partial charge on any atom is -0.492 e. The van der Waals surface area contributed by atoms with Gasteiger partial charge in [0.05, 0.1) is 17.0 Å². The van der Waals surface area contributed by atoms with Crippen molar-refractivity contribution in [1.82, 2.24) is 14.9 Å². The predicted molar refractivity (Wildman–Crippen MR) is 127 cm³/mol. The number of fused-ring (bicyclic) bond motifs is 1. The standard InChI is InChI=1S/C22H26Cl2N4OS/c1-2-17-14-18-21(25-15-26-22(18)30-17)28-10-8-27(9-11-28)7-3-4-12-29-20-6-5-16(23)13-19(20)24/h5-6,13-15H,2-4,7-12H2,1H3. The van der Waals surface area contributed by atoms with E-state index in [1.54, 1.807) is 29.8 Å². The number of aryl methyl sites for hydroxylation is 1. The zero-order valence-electron chi connectivity index (χ0n) is 17.1. The molecule has 1 aliphatic heterocycles. The first-order chi connectivity index (χ1) is 14.6. The first-order valence-corrected chi connectivity index (χ1v) is 12.0. The van der Waals surface area contributed by atoms with Gasteiger partial charge in [0.15, 0.2) is 0 Å². The first-order valence-electron chi connectivity index (χ1n) is 10.4. The smallest absolute Gasteiger partial charge is 0.140 e. The van der Waals surface area contributed by atoms with Crippen LogP contribution in [-0.2, 0) is 6.42 Å². The number of hydrogen-bond acceptors (Lipinski definition) is 6. The van der Waals surface area contributed by atoms with E-state index in [0.29, 0.717) is 22.4 Å². The molecular formula is C22H26Cl2N4OS. The number of nitrogens with zero attached hydrogens (tertiary/aromatic N) is 4. The molecule has 1 saturated heterocycles. The summed E-state index contributed by atoms with van der Waals surface area (Å²) in [5, 5.41) is 2.39. The summed E-state index contributed by atoms with van der Waals surface area (Å²) in [7, 11) is 0. The van der Waals surface area contributed by atoms with Crippen molar-refractivity contribution in [2.75, 3.05) is 44.2 Å². The summed E-state index contributed by atoms with van der Waals surface area (Å²) >= 11 is 13.8. The summed E-state index contributed by atoms with van der Waals surface area (Å²) in [4.78, 5) is 16.4. The average Bonchev–Trinajstić information content (AvgIpc) is 3.19. The normalized spacial score (nSPS) is 15.1. The van der Waals surface area contributed by atoms with Crippen molar-refractivity contribution >= 4 is 50.6 Å². The lowest BCUT2D eigenvalue weighted by atomic mass is 10.2. The monoisotopic (exact) mass is 464 g/mol. The maximum absolute atomic E-state index is 6.14. The van der Waals surface area contributed by atoms with Crippen LogP contribution in [0.15, 0.2) is 30.6 Å². The molecule has 1 fully saturated rings. The van der Waals surface area contributed by atoms with E-state index in [-0.39, 0.29) is 0 Å². The number of hydrogen-bond donors (Lipinski definition) is 0. The zero-order valence-corrected chi connectivity index (χ0v) is 19.4. The van der Waals surface area contributed by atoms with Gasteiger partial charge in [0.25, 0.3) is 0 Å². The summed E-state index contributed by atoms with van der Waals surface area (Å²) in [6, 6.07) is 7.59. The van der Waals surface area contributed by atoms with Crippen LogP contribution in [0.25, 0.3) is 10.2 Å². The molecule has 8 heteroatoms. The molecule has 1 aliphatic rings. The lowest BCUT2D eigenvalue weighted by molar-refractivity contribution is 0.238. The van der Waals surface area contributed by atoms with Gasteiger partial charge in [-0.25, -0.2) is 9.97 Å².